The first-order valence-electron chi connectivity index (χ1n) is 6.49. The molecular formula is C14H11N7S. The van der Waals surface area contributed by atoms with Gasteiger partial charge in [0.2, 0.25) is 5.95 Å². The molecule has 4 rings (SSSR count). The number of thiazole rings is 1. The second kappa shape index (κ2) is 4.78. The van der Waals surface area contributed by atoms with Gasteiger partial charge in [-0.2, -0.15) is 9.97 Å². The van der Waals surface area contributed by atoms with E-state index < -0.39 is 0 Å². The second-order valence-electron chi connectivity index (χ2n) is 4.64. The summed E-state index contributed by atoms with van der Waals surface area (Å²) < 4.78 is 1.83. The van der Waals surface area contributed by atoms with Gasteiger partial charge in [0, 0.05) is 22.8 Å². The molecule has 0 aliphatic carbocycles. The molecule has 3 aromatic heterocycles. The van der Waals surface area contributed by atoms with Crippen molar-refractivity contribution in [2.45, 2.75) is 0 Å². The van der Waals surface area contributed by atoms with Crippen LogP contribution >= 0.6 is 11.3 Å². The van der Waals surface area contributed by atoms with E-state index >= 15 is 0 Å². The second-order valence-corrected chi connectivity index (χ2v) is 5.53. The number of hydrogen-bond donors (Lipinski definition) is 2. The standard InChI is InChI=1S/C14H11N7S/c15-11-10-12(20-14(16)19-11)21(7-18-10)9-3-1-8(2-4-9)13-17-5-6-22-13/h1-7H,(H4,15,16,19,20). The average molecular weight is 309 g/mol. The lowest BCUT2D eigenvalue weighted by molar-refractivity contribution is 1.06. The SMILES string of the molecule is Nc1nc(N)c2ncn(-c3ccc(-c4nccs4)cc3)c2n1. The van der Waals surface area contributed by atoms with Crippen LogP contribution in [0.4, 0.5) is 11.8 Å². The van der Waals surface area contributed by atoms with Crippen molar-refractivity contribution in [2.24, 2.45) is 0 Å². The Hall–Kier alpha value is -3.00. The Morgan fingerprint density at radius 2 is 1.82 bits per heavy atom. The van der Waals surface area contributed by atoms with Crippen molar-refractivity contribution in [1.82, 2.24) is 24.5 Å². The molecule has 0 aliphatic rings. The van der Waals surface area contributed by atoms with Gasteiger partial charge in [-0.25, -0.2) is 9.97 Å². The molecule has 3 heterocycles. The Balaban J connectivity index is 1.82. The van der Waals surface area contributed by atoms with Crippen molar-refractivity contribution in [1.29, 1.82) is 0 Å². The molecule has 108 valence electrons. The largest absolute Gasteiger partial charge is 0.382 e. The van der Waals surface area contributed by atoms with Crippen LogP contribution in [0.25, 0.3) is 27.4 Å². The minimum atomic E-state index is 0.131. The predicted octanol–water partition coefficient (Wildman–Crippen LogP) is 2.10. The molecule has 0 saturated heterocycles. The van der Waals surface area contributed by atoms with Crippen molar-refractivity contribution < 1.29 is 0 Å². The van der Waals surface area contributed by atoms with Gasteiger partial charge in [-0.15, -0.1) is 11.3 Å². The zero-order chi connectivity index (χ0) is 15.1. The van der Waals surface area contributed by atoms with Crippen molar-refractivity contribution in [2.75, 3.05) is 11.5 Å². The first-order chi connectivity index (χ1) is 10.7. The molecule has 0 atom stereocenters. The third kappa shape index (κ3) is 1.97. The van der Waals surface area contributed by atoms with Gasteiger partial charge < -0.3 is 11.5 Å². The number of nitrogens with zero attached hydrogens (tertiary/aromatic N) is 5. The zero-order valence-electron chi connectivity index (χ0n) is 11.3. The van der Waals surface area contributed by atoms with E-state index in [4.69, 9.17) is 11.5 Å². The number of nitrogens with two attached hydrogens (primary N) is 2. The number of aromatic nitrogens is 5. The highest BCUT2D eigenvalue weighted by atomic mass is 32.1. The fourth-order valence-electron chi connectivity index (χ4n) is 2.26. The Labute approximate surface area is 129 Å². The lowest BCUT2D eigenvalue weighted by Gasteiger charge is -2.05. The van der Waals surface area contributed by atoms with Crippen LogP contribution < -0.4 is 11.5 Å². The topological polar surface area (TPSA) is 109 Å². The molecule has 4 N–H and O–H groups in total. The lowest BCUT2D eigenvalue weighted by atomic mass is 10.2. The Kier molecular flexibility index (Phi) is 2.76. The number of rotatable bonds is 2. The number of hydrogen-bond acceptors (Lipinski definition) is 7. The van der Waals surface area contributed by atoms with Gasteiger partial charge in [-0.1, -0.05) is 0 Å². The fraction of sp³-hybridized carbons (Fsp3) is 0. The minimum absolute atomic E-state index is 0.131. The predicted molar refractivity (Wildman–Crippen MR) is 86.6 cm³/mol. The third-order valence-corrected chi connectivity index (χ3v) is 4.09. The Morgan fingerprint density at radius 3 is 2.55 bits per heavy atom. The van der Waals surface area contributed by atoms with E-state index in [1.54, 1.807) is 23.9 Å². The highest BCUT2D eigenvalue weighted by Gasteiger charge is 2.11. The summed E-state index contributed by atoms with van der Waals surface area (Å²) in [6, 6.07) is 7.97. The molecule has 0 bridgehead atoms. The summed E-state index contributed by atoms with van der Waals surface area (Å²) in [6.45, 7) is 0. The van der Waals surface area contributed by atoms with Crippen LogP contribution in [0.5, 0.6) is 0 Å². The maximum atomic E-state index is 5.82. The lowest BCUT2D eigenvalue weighted by Crippen LogP contribution is -2.02. The molecule has 8 heteroatoms. The van der Waals surface area contributed by atoms with Crippen LogP contribution in [0, 0.1) is 0 Å². The molecule has 0 amide bonds. The number of imidazole rings is 1. The van der Waals surface area contributed by atoms with Crippen LogP contribution in [0.15, 0.2) is 42.2 Å². The summed E-state index contributed by atoms with van der Waals surface area (Å²) in [5, 5.41) is 2.94. The quantitative estimate of drug-likeness (QED) is 0.587. The number of benzene rings is 1. The highest BCUT2D eigenvalue weighted by molar-refractivity contribution is 7.13. The maximum absolute atomic E-state index is 5.82. The van der Waals surface area contributed by atoms with Crippen molar-refractivity contribution in [3.63, 3.8) is 0 Å². The van der Waals surface area contributed by atoms with E-state index in [9.17, 15) is 0 Å². The van der Waals surface area contributed by atoms with E-state index in [0.29, 0.717) is 11.2 Å². The monoisotopic (exact) mass is 309 g/mol. The molecule has 4 aromatic rings. The molecule has 0 spiro atoms. The molecule has 1 aromatic carbocycles. The summed E-state index contributed by atoms with van der Waals surface area (Å²) in [4.78, 5) is 16.7. The number of fused-ring (bicyclic) bond motifs is 1. The van der Waals surface area contributed by atoms with Gasteiger partial charge in [-0.3, -0.25) is 4.57 Å². The first kappa shape index (κ1) is 12.7. The fourth-order valence-corrected chi connectivity index (χ4v) is 2.90. The van der Waals surface area contributed by atoms with Crippen molar-refractivity contribution in [3.8, 4) is 16.3 Å². The summed E-state index contributed by atoms with van der Waals surface area (Å²) >= 11 is 1.60. The smallest absolute Gasteiger partial charge is 0.224 e. The Bertz CT molecular complexity index is 941. The summed E-state index contributed by atoms with van der Waals surface area (Å²) in [6.07, 6.45) is 3.45. The van der Waals surface area contributed by atoms with Crippen LogP contribution in [0.2, 0.25) is 0 Å². The molecule has 22 heavy (non-hydrogen) atoms. The molecular weight excluding hydrogens is 298 g/mol. The van der Waals surface area contributed by atoms with Gasteiger partial charge in [0.25, 0.3) is 0 Å². The molecule has 0 fully saturated rings. The van der Waals surface area contributed by atoms with E-state index in [0.717, 1.165) is 16.3 Å². The molecule has 0 aliphatic heterocycles. The number of anilines is 2. The van der Waals surface area contributed by atoms with E-state index in [1.807, 2.05) is 34.2 Å². The van der Waals surface area contributed by atoms with E-state index in [-0.39, 0.29) is 11.8 Å². The van der Waals surface area contributed by atoms with Gasteiger partial charge >= 0.3 is 0 Å². The zero-order valence-corrected chi connectivity index (χ0v) is 12.2. The third-order valence-electron chi connectivity index (χ3n) is 3.27. The summed E-state index contributed by atoms with van der Waals surface area (Å²) in [7, 11) is 0. The molecule has 0 saturated carbocycles. The van der Waals surface area contributed by atoms with E-state index in [2.05, 4.69) is 19.9 Å². The van der Waals surface area contributed by atoms with Gasteiger partial charge in [0.15, 0.2) is 17.0 Å². The summed E-state index contributed by atoms with van der Waals surface area (Å²) in [5.41, 5.74) is 14.6. The van der Waals surface area contributed by atoms with Crippen molar-refractivity contribution in [3.05, 3.63) is 42.2 Å². The number of nitrogen functional groups attached to an aromatic ring is 2. The summed E-state index contributed by atoms with van der Waals surface area (Å²) in [5.74, 6) is 0.409. The van der Waals surface area contributed by atoms with Gasteiger partial charge in [0.05, 0.1) is 0 Å². The normalized spacial score (nSPS) is 11.1. The van der Waals surface area contributed by atoms with E-state index in [1.165, 1.54) is 0 Å². The first-order valence-corrected chi connectivity index (χ1v) is 7.36. The van der Waals surface area contributed by atoms with Crippen molar-refractivity contribution >= 4 is 34.3 Å². The average Bonchev–Trinajstić information content (AvgIpc) is 3.16. The minimum Gasteiger partial charge on any atom is -0.382 e. The van der Waals surface area contributed by atoms with Crippen LogP contribution in [-0.2, 0) is 0 Å². The van der Waals surface area contributed by atoms with Gasteiger partial charge in [-0.05, 0) is 24.3 Å². The van der Waals surface area contributed by atoms with Crippen LogP contribution in [0.3, 0.4) is 0 Å². The molecule has 0 radical (unpaired) electrons. The highest BCUT2D eigenvalue weighted by Crippen LogP contribution is 2.25. The maximum Gasteiger partial charge on any atom is 0.224 e. The van der Waals surface area contributed by atoms with Crippen LogP contribution in [-0.4, -0.2) is 24.5 Å². The molecule has 7 nitrogen and oxygen atoms in total. The van der Waals surface area contributed by atoms with Crippen LogP contribution in [0.1, 0.15) is 0 Å². The van der Waals surface area contributed by atoms with Gasteiger partial charge in [0.1, 0.15) is 11.3 Å². The Morgan fingerprint density at radius 1 is 1.00 bits per heavy atom. The molecule has 0 unspecified atom stereocenters.